The van der Waals surface area contributed by atoms with Crippen LogP contribution in [0.25, 0.3) is 0 Å². The van der Waals surface area contributed by atoms with Gasteiger partial charge in [-0.15, -0.1) is 0 Å². The Morgan fingerprint density at radius 2 is 2.04 bits per heavy atom. The molecule has 0 heterocycles. The van der Waals surface area contributed by atoms with Gasteiger partial charge >= 0.3 is 6.61 Å². The van der Waals surface area contributed by atoms with Gasteiger partial charge in [0.25, 0.3) is 0 Å². The minimum Gasteiger partial charge on any atom is -0.435 e. The molecular weight excluding hydrogens is 324 g/mol. The molecule has 0 radical (unpaired) electrons. The molecule has 130 valence electrons. The van der Waals surface area contributed by atoms with Gasteiger partial charge in [0.2, 0.25) is 0 Å². The molecule has 0 aromatic heterocycles. The number of rotatable bonds is 8. The van der Waals surface area contributed by atoms with E-state index in [4.69, 9.17) is 4.74 Å². The zero-order valence-corrected chi connectivity index (χ0v) is 14.4. The zero-order chi connectivity index (χ0) is 17.0. The van der Waals surface area contributed by atoms with Crippen molar-refractivity contribution in [2.24, 2.45) is 0 Å². The molecule has 1 fully saturated rings. The largest absolute Gasteiger partial charge is 0.435 e. The van der Waals surface area contributed by atoms with E-state index in [0.29, 0.717) is 12.2 Å². The van der Waals surface area contributed by atoms with Gasteiger partial charge in [-0.25, -0.2) is 8.93 Å². The lowest BCUT2D eigenvalue weighted by Gasteiger charge is -2.25. The molecule has 23 heavy (non-hydrogen) atoms. The summed E-state index contributed by atoms with van der Waals surface area (Å²) in [6, 6.07) is 6.07. The Hall–Kier alpha value is -1.05. The number of benzene rings is 1. The predicted octanol–water partition coefficient (Wildman–Crippen LogP) is 3.56. The summed E-state index contributed by atoms with van der Waals surface area (Å²) in [5.74, 6) is 0.0808. The highest BCUT2D eigenvalue weighted by Crippen LogP contribution is 2.27. The van der Waals surface area contributed by atoms with Crippen LogP contribution >= 0.6 is 0 Å². The van der Waals surface area contributed by atoms with Crippen molar-refractivity contribution in [2.45, 2.75) is 57.1 Å². The monoisotopic (exact) mass is 347 g/mol. The normalized spacial score (nSPS) is 18.0. The summed E-state index contributed by atoms with van der Waals surface area (Å²) in [6.45, 7) is 3.06. The molecule has 1 aromatic carbocycles. The fourth-order valence-corrected chi connectivity index (χ4v) is 2.69. The van der Waals surface area contributed by atoms with Gasteiger partial charge in [0.15, 0.2) is 0 Å². The average Bonchev–Trinajstić information content (AvgIpc) is 3.25. The number of ether oxygens (including phenoxy) is 2. The highest BCUT2D eigenvalue weighted by Gasteiger charge is 2.27. The summed E-state index contributed by atoms with van der Waals surface area (Å²) in [6.07, 6.45) is 2.32. The summed E-state index contributed by atoms with van der Waals surface area (Å²) in [7, 11) is -1.30. The van der Waals surface area contributed by atoms with Gasteiger partial charge < -0.3 is 9.47 Å². The minimum atomic E-state index is -2.87. The molecule has 0 unspecified atom stereocenters. The number of hydrogen-bond donors (Lipinski definition) is 1. The SMILES string of the molecule is CC(C)(C)[S@@](=O)N[C@@H](COC1CC1)c1cccc(OC(F)F)c1. The second kappa shape index (κ2) is 7.68. The first-order chi connectivity index (χ1) is 10.8. The number of halogens is 2. The van der Waals surface area contributed by atoms with E-state index in [1.807, 2.05) is 20.8 Å². The molecule has 1 N–H and O–H groups in total. The number of nitrogens with one attached hydrogen (secondary N) is 1. The summed E-state index contributed by atoms with van der Waals surface area (Å²) >= 11 is 0. The van der Waals surface area contributed by atoms with Crippen molar-refractivity contribution in [3.8, 4) is 5.75 Å². The lowest BCUT2D eigenvalue weighted by Crippen LogP contribution is -2.37. The molecule has 0 saturated heterocycles. The van der Waals surface area contributed by atoms with Crippen LogP contribution in [0.2, 0.25) is 0 Å². The van der Waals surface area contributed by atoms with Gasteiger partial charge in [-0.3, -0.25) is 0 Å². The molecule has 1 aliphatic rings. The van der Waals surface area contributed by atoms with Gasteiger partial charge in [0, 0.05) is 0 Å². The van der Waals surface area contributed by atoms with Crippen molar-refractivity contribution < 1.29 is 22.5 Å². The van der Waals surface area contributed by atoms with Crippen molar-refractivity contribution in [3.63, 3.8) is 0 Å². The van der Waals surface area contributed by atoms with E-state index < -0.39 is 22.3 Å². The molecule has 2 rings (SSSR count). The molecule has 1 saturated carbocycles. The van der Waals surface area contributed by atoms with E-state index in [9.17, 15) is 13.0 Å². The third-order valence-electron chi connectivity index (χ3n) is 3.31. The van der Waals surface area contributed by atoms with Crippen LogP contribution in [0.15, 0.2) is 24.3 Å². The standard InChI is InChI=1S/C16H23F2NO3S/c1-16(2,3)23(20)19-14(10-21-12-7-8-12)11-5-4-6-13(9-11)22-15(17)18/h4-6,9,12,14-15,19H,7-8,10H2,1-3H3/t14-,23+/m0/s1. The Morgan fingerprint density at radius 3 is 2.61 bits per heavy atom. The molecule has 1 aliphatic carbocycles. The molecule has 7 heteroatoms. The Kier molecular flexibility index (Phi) is 6.11. The maximum Gasteiger partial charge on any atom is 0.387 e. The summed E-state index contributed by atoms with van der Waals surface area (Å²) < 4.78 is 49.9. The topological polar surface area (TPSA) is 47.6 Å². The maximum atomic E-state index is 12.4. The first-order valence-corrected chi connectivity index (χ1v) is 8.75. The van der Waals surface area contributed by atoms with E-state index in [-0.39, 0.29) is 17.9 Å². The first-order valence-electron chi connectivity index (χ1n) is 7.60. The predicted molar refractivity (Wildman–Crippen MR) is 85.8 cm³/mol. The summed E-state index contributed by atoms with van der Waals surface area (Å²) in [5.41, 5.74) is 0.710. The Labute approximate surface area is 138 Å². The second-order valence-corrected chi connectivity index (χ2v) is 8.53. The Morgan fingerprint density at radius 1 is 1.35 bits per heavy atom. The van der Waals surface area contributed by atoms with E-state index in [0.717, 1.165) is 12.8 Å². The van der Waals surface area contributed by atoms with E-state index in [2.05, 4.69) is 9.46 Å². The second-order valence-electron chi connectivity index (χ2n) is 6.54. The average molecular weight is 347 g/mol. The Bertz CT molecular complexity index is 544. The lowest BCUT2D eigenvalue weighted by molar-refractivity contribution is -0.0499. The van der Waals surface area contributed by atoms with Gasteiger partial charge in [0.1, 0.15) is 5.75 Å². The molecule has 4 nitrogen and oxygen atoms in total. The fourth-order valence-electron chi connectivity index (χ4n) is 1.88. The number of hydrogen-bond acceptors (Lipinski definition) is 3. The van der Waals surface area contributed by atoms with Gasteiger partial charge in [0.05, 0.1) is 34.5 Å². The molecule has 0 amide bonds. The van der Waals surface area contributed by atoms with Crippen molar-refractivity contribution in [2.75, 3.05) is 6.61 Å². The van der Waals surface area contributed by atoms with Crippen LogP contribution in [0.4, 0.5) is 8.78 Å². The summed E-state index contributed by atoms with van der Waals surface area (Å²) in [5, 5.41) is 0. The van der Waals surface area contributed by atoms with E-state index in [1.165, 1.54) is 12.1 Å². The quantitative estimate of drug-likeness (QED) is 0.782. The maximum absolute atomic E-state index is 12.4. The smallest absolute Gasteiger partial charge is 0.387 e. The number of alkyl halides is 2. The highest BCUT2D eigenvalue weighted by atomic mass is 32.2. The van der Waals surface area contributed by atoms with Crippen LogP contribution in [0.5, 0.6) is 5.75 Å². The van der Waals surface area contributed by atoms with Crippen LogP contribution < -0.4 is 9.46 Å². The van der Waals surface area contributed by atoms with Gasteiger partial charge in [-0.2, -0.15) is 8.78 Å². The van der Waals surface area contributed by atoms with Crippen molar-refractivity contribution in [1.82, 2.24) is 4.72 Å². The molecular formula is C16H23F2NO3S. The molecule has 0 bridgehead atoms. The van der Waals surface area contributed by atoms with Gasteiger partial charge in [-0.05, 0) is 51.3 Å². The van der Waals surface area contributed by atoms with Crippen LogP contribution in [-0.2, 0) is 15.7 Å². The third kappa shape index (κ3) is 6.16. The summed E-state index contributed by atoms with van der Waals surface area (Å²) in [4.78, 5) is 0. The van der Waals surface area contributed by atoms with Crippen LogP contribution in [0.1, 0.15) is 45.2 Å². The third-order valence-corrected chi connectivity index (χ3v) is 4.93. The first kappa shape index (κ1) is 18.3. The molecule has 0 spiro atoms. The molecule has 2 atom stereocenters. The van der Waals surface area contributed by atoms with E-state index in [1.54, 1.807) is 12.1 Å². The molecule has 1 aromatic rings. The Balaban J connectivity index is 2.12. The van der Waals surface area contributed by atoms with Crippen LogP contribution in [-0.4, -0.2) is 28.3 Å². The lowest BCUT2D eigenvalue weighted by atomic mass is 10.1. The van der Waals surface area contributed by atoms with Crippen molar-refractivity contribution >= 4 is 11.0 Å². The zero-order valence-electron chi connectivity index (χ0n) is 13.6. The van der Waals surface area contributed by atoms with Crippen LogP contribution in [0.3, 0.4) is 0 Å². The van der Waals surface area contributed by atoms with E-state index >= 15 is 0 Å². The minimum absolute atomic E-state index is 0.0808. The van der Waals surface area contributed by atoms with Crippen molar-refractivity contribution in [1.29, 1.82) is 0 Å². The van der Waals surface area contributed by atoms with Crippen molar-refractivity contribution in [3.05, 3.63) is 29.8 Å². The van der Waals surface area contributed by atoms with Gasteiger partial charge in [-0.1, -0.05) is 12.1 Å². The highest BCUT2D eigenvalue weighted by molar-refractivity contribution is 7.84. The molecule has 0 aliphatic heterocycles. The fraction of sp³-hybridized carbons (Fsp3) is 0.625. The van der Waals surface area contributed by atoms with Crippen LogP contribution in [0, 0.1) is 0 Å².